The molecule has 4 rings (SSSR count). The number of benzene rings is 1. The third kappa shape index (κ3) is 5.21. The van der Waals surface area contributed by atoms with Gasteiger partial charge in [0.2, 0.25) is 0 Å². The van der Waals surface area contributed by atoms with E-state index in [2.05, 4.69) is 15.0 Å². The van der Waals surface area contributed by atoms with E-state index in [1.807, 2.05) is 36.4 Å². The van der Waals surface area contributed by atoms with Crippen molar-refractivity contribution in [3.8, 4) is 5.75 Å². The Bertz CT molecular complexity index is 1080. The van der Waals surface area contributed by atoms with Crippen LogP contribution in [-0.2, 0) is 6.54 Å². The first-order chi connectivity index (χ1) is 15.1. The van der Waals surface area contributed by atoms with E-state index in [0.717, 1.165) is 11.6 Å². The van der Waals surface area contributed by atoms with Gasteiger partial charge in [-0.2, -0.15) is 5.10 Å². The Labute approximate surface area is 184 Å². The molecule has 0 aliphatic carbocycles. The Kier molecular flexibility index (Phi) is 6.47. The second kappa shape index (κ2) is 9.61. The maximum absolute atomic E-state index is 12.9. The monoisotopic (exact) mass is 439 g/mol. The van der Waals surface area contributed by atoms with Crippen LogP contribution in [0, 0.1) is 0 Å². The van der Waals surface area contributed by atoms with Crippen molar-refractivity contribution in [2.24, 2.45) is 0 Å². The van der Waals surface area contributed by atoms with Crippen molar-refractivity contribution in [2.75, 3.05) is 37.7 Å². The molecule has 0 N–H and O–H groups in total. The number of aromatic nitrogens is 3. The summed E-state index contributed by atoms with van der Waals surface area (Å²) in [7, 11) is 0. The molecule has 1 aromatic carbocycles. The minimum atomic E-state index is -0.271. The number of amides is 1. The summed E-state index contributed by atoms with van der Waals surface area (Å²) in [5.41, 5.74) is -0.0239. The number of halogens is 1. The predicted molar refractivity (Wildman–Crippen MR) is 118 cm³/mol. The second-order valence-corrected chi connectivity index (χ2v) is 7.49. The molecular weight excluding hydrogens is 418 g/mol. The highest BCUT2D eigenvalue weighted by atomic mass is 35.5. The fourth-order valence-electron chi connectivity index (χ4n) is 3.35. The first-order valence-corrected chi connectivity index (χ1v) is 10.4. The molecule has 31 heavy (non-hydrogen) atoms. The van der Waals surface area contributed by atoms with Crippen molar-refractivity contribution in [1.29, 1.82) is 0 Å². The number of hydrogen-bond donors (Lipinski definition) is 0. The molecule has 1 aliphatic heterocycles. The third-order valence-corrected chi connectivity index (χ3v) is 5.23. The molecule has 1 fully saturated rings. The number of piperazine rings is 1. The van der Waals surface area contributed by atoms with Gasteiger partial charge < -0.3 is 14.5 Å². The molecule has 0 unspecified atom stereocenters. The molecule has 0 atom stereocenters. The SMILES string of the molecule is O=C(c1ccc(=O)n(CCOc2ccccc2)n1)N1CCN(c2ccc(Cl)cn2)CC1. The van der Waals surface area contributed by atoms with Crippen LogP contribution in [0.2, 0.25) is 5.02 Å². The van der Waals surface area contributed by atoms with Crippen LogP contribution in [0.25, 0.3) is 0 Å². The molecule has 2 aromatic heterocycles. The summed E-state index contributed by atoms with van der Waals surface area (Å²) in [5.74, 6) is 1.36. The first-order valence-electron chi connectivity index (χ1n) is 10.0. The van der Waals surface area contributed by atoms with Crippen LogP contribution in [0.4, 0.5) is 5.82 Å². The Balaban J connectivity index is 1.35. The lowest BCUT2D eigenvalue weighted by atomic mass is 10.2. The minimum Gasteiger partial charge on any atom is -0.492 e. The van der Waals surface area contributed by atoms with Crippen molar-refractivity contribution in [2.45, 2.75) is 6.54 Å². The maximum Gasteiger partial charge on any atom is 0.274 e. The van der Waals surface area contributed by atoms with Gasteiger partial charge in [0.05, 0.1) is 11.6 Å². The van der Waals surface area contributed by atoms with E-state index in [9.17, 15) is 9.59 Å². The third-order valence-electron chi connectivity index (χ3n) is 5.00. The van der Waals surface area contributed by atoms with Gasteiger partial charge in [-0.1, -0.05) is 29.8 Å². The van der Waals surface area contributed by atoms with Crippen LogP contribution in [-0.4, -0.2) is 58.4 Å². The van der Waals surface area contributed by atoms with Crippen LogP contribution in [0.1, 0.15) is 10.5 Å². The zero-order valence-corrected chi connectivity index (χ0v) is 17.6. The first kappa shape index (κ1) is 20.9. The van der Waals surface area contributed by atoms with E-state index in [0.29, 0.717) is 31.2 Å². The minimum absolute atomic E-state index is 0.193. The fraction of sp³-hybridized carbons (Fsp3) is 0.273. The number of ether oxygens (including phenoxy) is 1. The van der Waals surface area contributed by atoms with Crippen LogP contribution >= 0.6 is 11.6 Å². The number of para-hydroxylation sites is 1. The summed E-state index contributed by atoms with van der Waals surface area (Å²) in [6.07, 6.45) is 1.61. The zero-order chi connectivity index (χ0) is 21.6. The molecule has 9 heteroatoms. The fourth-order valence-corrected chi connectivity index (χ4v) is 3.46. The van der Waals surface area contributed by atoms with Gasteiger partial charge in [0, 0.05) is 38.4 Å². The van der Waals surface area contributed by atoms with Gasteiger partial charge in [-0.25, -0.2) is 9.67 Å². The van der Waals surface area contributed by atoms with Gasteiger partial charge in [0.1, 0.15) is 23.9 Å². The lowest BCUT2D eigenvalue weighted by Gasteiger charge is -2.35. The Morgan fingerprint density at radius 1 is 1.00 bits per heavy atom. The van der Waals surface area contributed by atoms with E-state index in [-0.39, 0.29) is 30.3 Å². The predicted octanol–water partition coefficient (Wildman–Crippen LogP) is 2.33. The Morgan fingerprint density at radius 2 is 1.77 bits per heavy atom. The van der Waals surface area contributed by atoms with Crippen LogP contribution in [0.5, 0.6) is 5.75 Å². The van der Waals surface area contributed by atoms with Gasteiger partial charge in [-0.05, 0) is 30.3 Å². The lowest BCUT2D eigenvalue weighted by Crippen LogP contribution is -2.49. The standard InChI is InChI=1S/C22H22ClN5O3/c23-17-6-8-20(24-16-17)26-10-12-27(13-11-26)22(30)19-7-9-21(29)28(25-19)14-15-31-18-4-2-1-3-5-18/h1-9,16H,10-15H2. The summed E-state index contributed by atoms with van der Waals surface area (Å²) >= 11 is 5.90. The van der Waals surface area contributed by atoms with Gasteiger partial charge in [0.15, 0.2) is 0 Å². The second-order valence-electron chi connectivity index (χ2n) is 7.06. The summed E-state index contributed by atoms with van der Waals surface area (Å²) in [5, 5.41) is 4.85. The molecular formula is C22H22ClN5O3. The smallest absolute Gasteiger partial charge is 0.274 e. The highest BCUT2D eigenvalue weighted by molar-refractivity contribution is 6.30. The van der Waals surface area contributed by atoms with Gasteiger partial charge in [-0.3, -0.25) is 9.59 Å². The average molecular weight is 440 g/mol. The Morgan fingerprint density at radius 3 is 2.48 bits per heavy atom. The van der Waals surface area contributed by atoms with E-state index in [1.165, 1.54) is 16.8 Å². The molecule has 0 saturated carbocycles. The normalized spacial score (nSPS) is 13.8. The molecule has 1 amide bonds. The quantitative estimate of drug-likeness (QED) is 0.586. The van der Waals surface area contributed by atoms with Crippen molar-refractivity contribution >= 4 is 23.3 Å². The van der Waals surface area contributed by atoms with Crippen LogP contribution in [0.3, 0.4) is 0 Å². The summed E-state index contributed by atoms with van der Waals surface area (Å²) in [4.78, 5) is 33.2. The van der Waals surface area contributed by atoms with Crippen molar-refractivity contribution < 1.29 is 9.53 Å². The number of anilines is 1. The van der Waals surface area contributed by atoms with Gasteiger partial charge in [-0.15, -0.1) is 0 Å². The molecule has 8 nitrogen and oxygen atoms in total. The molecule has 3 aromatic rings. The number of carbonyl (C=O) groups excluding carboxylic acids is 1. The zero-order valence-electron chi connectivity index (χ0n) is 16.9. The van der Waals surface area contributed by atoms with Crippen molar-refractivity contribution in [3.63, 3.8) is 0 Å². The molecule has 3 heterocycles. The van der Waals surface area contributed by atoms with E-state index in [1.54, 1.807) is 17.2 Å². The number of pyridine rings is 1. The molecule has 0 bridgehead atoms. The van der Waals surface area contributed by atoms with Gasteiger partial charge >= 0.3 is 0 Å². The van der Waals surface area contributed by atoms with E-state index in [4.69, 9.17) is 16.3 Å². The van der Waals surface area contributed by atoms with E-state index >= 15 is 0 Å². The van der Waals surface area contributed by atoms with Crippen molar-refractivity contribution in [3.05, 3.63) is 81.9 Å². The molecule has 160 valence electrons. The number of nitrogens with zero attached hydrogens (tertiary/aromatic N) is 5. The summed E-state index contributed by atoms with van der Waals surface area (Å²) in [6.45, 7) is 2.93. The van der Waals surface area contributed by atoms with Crippen LogP contribution in [0.15, 0.2) is 65.6 Å². The van der Waals surface area contributed by atoms with E-state index < -0.39 is 0 Å². The lowest BCUT2D eigenvalue weighted by molar-refractivity contribution is 0.0737. The largest absolute Gasteiger partial charge is 0.492 e. The summed E-state index contributed by atoms with van der Waals surface area (Å²) in [6, 6.07) is 15.9. The molecule has 1 saturated heterocycles. The Hall–Kier alpha value is -3.39. The van der Waals surface area contributed by atoms with Gasteiger partial charge in [0.25, 0.3) is 11.5 Å². The van der Waals surface area contributed by atoms with Crippen molar-refractivity contribution in [1.82, 2.24) is 19.7 Å². The highest BCUT2D eigenvalue weighted by Gasteiger charge is 2.24. The maximum atomic E-state index is 12.9. The number of hydrogen-bond acceptors (Lipinski definition) is 6. The number of rotatable bonds is 6. The molecule has 1 aliphatic rings. The topological polar surface area (TPSA) is 80.6 Å². The average Bonchev–Trinajstić information content (AvgIpc) is 2.81. The van der Waals surface area contributed by atoms with Crippen LogP contribution < -0.4 is 15.2 Å². The molecule has 0 spiro atoms. The highest BCUT2D eigenvalue weighted by Crippen LogP contribution is 2.17. The summed E-state index contributed by atoms with van der Waals surface area (Å²) < 4.78 is 6.90. The molecule has 0 radical (unpaired) electrons. The number of carbonyl (C=O) groups is 1.